The molecule has 0 bridgehead atoms. The summed E-state index contributed by atoms with van der Waals surface area (Å²) in [5.41, 5.74) is 9.77. The summed E-state index contributed by atoms with van der Waals surface area (Å²) in [6.45, 7) is 14.5. The van der Waals surface area contributed by atoms with Crippen LogP contribution in [0.5, 0.6) is 0 Å². The minimum absolute atomic E-state index is 0. The molecular weight excluding hydrogens is 586 g/mol. The second kappa shape index (κ2) is 8.62. The molecule has 0 heterocycles. The largest absolute Gasteiger partial charge is 1.00 e. The number of hydrogen-bond donors (Lipinski definition) is 0. The number of allylic oxidation sites excluding steroid dienone is 4. The maximum atomic E-state index is 2.62. The summed E-state index contributed by atoms with van der Waals surface area (Å²) in [5.74, 6) is 0.992. The van der Waals surface area contributed by atoms with E-state index < -0.39 is 0 Å². The molecule has 3 aliphatic rings. The van der Waals surface area contributed by atoms with Gasteiger partial charge in [0.15, 0.2) is 0 Å². The van der Waals surface area contributed by atoms with Gasteiger partial charge in [0.1, 0.15) is 0 Å². The minimum Gasteiger partial charge on any atom is -1.00 e. The van der Waals surface area contributed by atoms with Crippen LogP contribution in [0.25, 0.3) is 11.1 Å². The van der Waals surface area contributed by atoms with Crippen LogP contribution >= 0.6 is 0 Å². The Balaban J connectivity index is 0.00000114. The molecule has 2 unspecified atom stereocenters. The Morgan fingerprint density at radius 2 is 1.29 bits per heavy atom. The van der Waals surface area contributed by atoms with Gasteiger partial charge in [-0.3, -0.25) is 0 Å². The first kappa shape index (κ1) is 26.6. The molecule has 164 valence electrons. The van der Waals surface area contributed by atoms with Crippen LogP contribution < -0.4 is 24.8 Å². The smallest absolute Gasteiger partial charge is 0.0164 e. The van der Waals surface area contributed by atoms with E-state index in [1.165, 1.54) is 34.2 Å². The molecule has 0 saturated heterocycles. The van der Waals surface area contributed by atoms with E-state index in [1.54, 1.807) is 5.57 Å². The van der Waals surface area contributed by atoms with Crippen LogP contribution in [0.15, 0.2) is 71.8 Å². The van der Waals surface area contributed by atoms with Crippen LogP contribution in [-0.2, 0) is 25.8 Å². The van der Waals surface area contributed by atoms with Gasteiger partial charge >= 0.3 is 0 Å². The van der Waals surface area contributed by atoms with Crippen molar-refractivity contribution in [3.63, 3.8) is 0 Å². The van der Waals surface area contributed by atoms with Crippen molar-refractivity contribution in [2.75, 3.05) is 0 Å². The molecule has 2 atom stereocenters. The Morgan fingerprint density at radius 1 is 0.806 bits per heavy atom. The molecule has 0 amide bonds. The first-order valence-electron chi connectivity index (χ1n) is 10.8. The first-order chi connectivity index (χ1) is 13.1. The number of hydrogen-bond acceptors (Lipinski definition) is 0. The molecule has 3 aliphatic carbocycles. The van der Waals surface area contributed by atoms with Crippen molar-refractivity contribution in [1.29, 1.82) is 0 Å². The third-order valence-electron chi connectivity index (χ3n) is 7.67. The summed E-state index contributed by atoms with van der Waals surface area (Å²) in [6, 6.07) is 18.2. The number of halogens is 2. The van der Waals surface area contributed by atoms with Crippen molar-refractivity contribution < 1.29 is 50.7 Å². The number of fused-ring (bicyclic) bond motifs is 4. The van der Waals surface area contributed by atoms with E-state index in [-0.39, 0.29) is 66.9 Å². The van der Waals surface area contributed by atoms with Gasteiger partial charge in [-0.2, -0.15) is 0 Å². The van der Waals surface area contributed by atoms with Crippen LogP contribution in [0, 0.1) is 22.2 Å². The van der Waals surface area contributed by atoms with Crippen molar-refractivity contribution in [2.24, 2.45) is 22.2 Å². The maximum absolute atomic E-state index is 2.62. The fourth-order valence-corrected chi connectivity index (χ4v) is 6.52. The van der Waals surface area contributed by atoms with Crippen molar-refractivity contribution >= 4 is 0 Å². The van der Waals surface area contributed by atoms with Crippen LogP contribution in [0.1, 0.15) is 65.0 Å². The third kappa shape index (κ3) is 3.87. The van der Waals surface area contributed by atoms with E-state index in [9.17, 15) is 0 Å². The summed E-state index contributed by atoms with van der Waals surface area (Å²) >= 11 is 0. The average molecular weight is 618 g/mol. The molecule has 0 N–H and O–H groups in total. The van der Waals surface area contributed by atoms with Crippen LogP contribution in [0.2, 0.25) is 0 Å². The van der Waals surface area contributed by atoms with Gasteiger partial charge in [-0.1, -0.05) is 108 Å². The molecule has 5 rings (SSSR count). The zero-order valence-corrected chi connectivity index (χ0v) is 24.5. The molecule has 31 heavy (non-hydrogen) atoms. The third-order valence-corrected chi connectivity index (χ3v) is 7.67. The Bertz CT molecular complexity index is 995. The quantitative estimate of drug-likeness (QED) is 0.429. The van der Waals surface area contributed by atoms with Gasteiger partial charge in [0, 0.05) is 37.7 Å². The Kier molecular flexibility index (Phi) is 7.40. The molecule has 2 aromatic carbocycles. The average Bonchev–Trinajstić information content (AvgIpc) is 3.26. The molecular formula is C28H32Cl2Hf-2. The van der Waals surface area contributed by atoms with E-state index >= 15 is 0 Å². The van der Waals surface area contributed by atoms with Crippen LogP contribution in [0.4, 0.5) is 0 Å². The zero-order valence-electron chi connectivity index (χ0n) is 19.4. The van der Waals surface area contributed by atoms with E-state index in [1.807, 2.05) is 0 Å². The molecule has 0 aliphatic heterocycles. The van der Waals surface area contributed by atoms with E-state index in [0.29, 0.717) is 11.8 Å². The van der Waals surface area contributed by atoms with Gasteiger partial charge in [-0.25, -0.2) is 0 Å². The molecule has 0 radical (unpaired) electrons. The normalized spacial score (nSPS) is 25.2. The minimum atomic E-state index is 0. The fourth-order valence-electron chi connectivity index (χ4n) is 6.52. The van der Waals surface area contributed by atoms with Crippen molar-refractivity contribution in [1.82, 2.24) is 0 Å². The van der Waals surface area contributed by atoms with E-state index in [4.69, 9.17) is 0 Å². The van der Waals surface area contributed by atoms with Crippen molar-refractivity contribution in [3.8, 4) is 11.1 Å². The van der Waals surface area contributed by atoms with Crippen molar-refractivity contribution in [2.45, 2.75) is 53.9 Å². The zero-order chi connectivity index (χ0) is 19.9. The summed E-state index contributed by atoms with van der Waals surface area (Å²) in [6.07, 6.45) is 6.40. The molecule has 1 fully saturated rings. The SMILES string of the molecule is CC(C)(C)C1=CC2C(=C1)C(C)(C)CC2(C)C1c2ccccc2-c2ccccc21.[Cl-].[Cl-].[Hf]. The Hall–Kier alpha value is -0.630. The van der Waals surface area contributed by atoms with E-state index in [0.717, 1.165) is 0 Å². The number of benzene rings is 2. The van der Waals surface area contributed by atoms with Crippen LogP contribution in [0.3, 0.4) is 0 Å². The molecule has 3 heteroatoms. The maximum Gasteiger partial charge on any atom is 0.0164 e. The molecule has 1 saturated carbocycles. The van der Waals surface area contributed by atoms with Crippen LogP contribution in [-0.4, -0.2) is 0 Å². The monoisotopic (exact) mass is 618 g/mol. The topological polar surface area (TPSA) is 0 Å². The predicted octanol–water partition coefficient (Wildman–Crippen LogP) is 1.77. The Morgan fingerprint density at radius 3 is 1.77 bits per heavy atom. The molecule has 0 nitrogen and oxygen atoms in total. The number of rotatable bonds is 1. The summed E-state index contributed by atoms with van der Waals surface area (Å²) in [4.78, 5) is 0. The van der Waals surface area contributed by atoms with Gasteiger partial charge in [-0.05, 0) is 50.5 Å². The van der Waals surface area contributed by atoms with Gasteiger partial charge < -0.3 is 24.8 Å². The first-order valence-corrected chi connectivity index (χ1v) is 10.8. The summed E-state index contributed by atoms with van der Waals surface area (Å²) in [7, 11) is 0. The van der Waals surface area contributed by atoms with Gasteiger partial charge in [0.2, 0.25) is 0 Å². The summed E-state index contributed by atoms with van der Waals surface area (Å²) < 4.78 is 0. The van der Waals surface area contributed by atoms with Gasteiger partial charge in [-0.15, -0.1) is 0 Å². The second-order valence-electron chi connectivity index (χ2n) is 11.1. The standard InChI is InChI=1S/C28H32.2ClH.Hf/c1-26(2,3)18-15-23-24(16-18)28(6,17-27(23,4)5)25-21-13-9-7-11-19(21)20-12-8-10-14-22(20)25;;;/h7-16,24-25H,17H2,1-6H3;2*1H;/p-2. The van der Waals surface area contributed by atoms with Crippen molar-refractivity contribution in [3.05, 3.63) is 83.0 Å². The van der Waals surface area contributed by atoms with Gasteiger partial charge in [0.25, 0.3) is 0 Å². The Labute approximate surface area is 219 Å². The van der Waals surface area contributed by atoms with E-state index in [2.05, 4.69) is 102 Å². The van der Waals surface area contributed by atoms with Gasteiger partial charge in [0.05, 0.1) is 0 Å². The molecule has 2 aromatic rings. The predicted molar refractivity (Wildman–Crippen MR) is 119 cm³/mol. The molecule has 0 aromatic heterocycles. The molecule has 0 spiro atoms. The fraction of sp³-hybridized carbons (Fsp3) is 0.429. The second-order valence-corrected chi connectivity index (χ2v) is 11.1. The summed E-state index contributed by atoms with van der Waals surface area (Å²) in [5, 5.41) is 0.